The SMILES string of the molecule is CCc1ccc2cc(-c3ccc(OCc4ccccc4)c(Br)c3)c(C=O)n2c1. The molecule has 0 N–H and O–H groups in total. The van der Waals surface area contributed by atoms with Crippen LogP contribution in [0.15, 0.2) is 77.4 Å². The van der Waals surface area contributed by atoms with Gasteiger partial charge in [0.05, 0.1) is 10.2 Å². The molecule has 4 heteroatoms. The van der Waals surface area contributed by atoms with E-state index in [4.69, 9.17) is 4.74 Å². The third-order valence-corrected chi connectivity index (χ3v) is 5.49. The summed E-state index contributed by atoms with van der Waals surface area (Å²) in [5.74, 6) is 0.775. The number of pyridine rings is 1. The Hall–Kier alpha value is -2.85. The molecule has 3 nitrogen and oxygen atoms in total. The van der Waals surface area contributed by atoms with Crippen LogP contribution in [0.5, 0.6) is 5.75 Å². The van der Waals surface area contributed by atoms with Gasteiger partial charge in [0.1, 0.15) is 12.4 Å². The maximum absolute atomic E-state index is 11.8. The summed E-state index contributed by atoms with van der Waals surface area (Å²) < 4.78 is 8.77. The van der Waals surface area contributed by atoms with E-state index in [1.54, 1.807) is 0 Å². The van der Waals surface area contributed by atoms with Gasteiger partial charge in [-0.05, 0) is 63.3 Å². The van der Waals surface area contributed by atoms with E-state index in [1.807, 2.05) is 59.1 Å². The maximum Gasteiger partial charge on any atom is 0.167 e. The van der Waals surface area contributed by atoms with Gasteiger partial charge in [0.25, 0.3) is 0 Å². The summed E-state index contributed by atoms with van der Waals surface area (Å²) in [4.78, 5) is 11.8. The molecule has 140 valence electrons. The highest BCUT2D eigenvalue weighted by atomic mass is 79.9. The first-order valence-electron chi connectivity index (χ1n) is 9.25. The molecule has 0 aliphatic heterocycles. The van der Waals surface area contributed by atoms with Gasteiger partial charge in [0.15, 0.2) is 6.29 Å². The molecule has 0 fully saturated rings. The topological polar surface area (TPSA) is 30.7 Å². The van der Waals surface area contributed by atoms with Gasteiger partial charge < -0.3 is 9.14 Å². The number of rotatable bonds is 6. The smallest absolute Gasteiger partial charge is 0.167 e. The van der Waals surface area contributed by atoms with Crippen molar-refractivity contribution in [3.8, 4) is 16.9 Å². The highest BCUT2D eigenvalue weighted by Crippen LogP contribution is 2.34. The van der Waals surface area contributed by atoms with Crippen LogP contribution < -0.4 is 4.74 Å². The molecule has 2 heterocycles. The van der Waals surface area contributed by atoms with Crippen LogP contribution in [0.25, 0.3) is 16.6 Å². The number of hydrogen-bond acceptors (Lipinski definition) is 2. The van der Waals surface area contributed by atoms with Crippen LogP contribution in [-0.4, -0.2) is 10.7 Å². The third-order valence-electron chi connectivity index (χ3n) is 4.87. The monoisotopic (exact) mass is 433 g/mol. The Bertz CT molecular complexity index is 1130. The number of carbonyl (C=O) groups excluding carboxylic acids is 1. The summed E-state index contributed by atoms with van der Waals surface area (Å²) in [6.45, 7) is 2.62. The summed E-state index contributed by atoms with van der Waals surface area (Å²) in [5, 5.41) is 0. The lowest BCUT2D eigenvalue weighted by atomic mass is 10.1. The van der Waals surface area contributed by atoms with Crippen LogP contribution in [-0.2, 0) is 13.0 Å². The van der Waals surface area contributed by atoms with Gasteiger partial charge in [-0.25, -0.2) is 0 Å². The standard InChI is InChI=1S/C24H20BrNO2/c1-2-17-8-10-20-13-21(23(15-27)26(20)14-17)19-9-11-24(22(25)12-19)28-16-18-6-4-3-5-7-18/h3-15H,2,16H2,1H3. The highest BCUT2D eigenvalue weighted by molar-refractivity contribution is 9.10. The Kier molecular flexibility index (Phi) is 5.31. The molecule has 2 aromatic carbocycles. The molecule has 0 aliphatic carbocycles. The Balaban J connectivity index is 1.66. The van der Waals surface area contributed by atoms with Crippen LogP contribution in [0.2, 0.25) is 0 Å². The van der Waals surface area contributed by atoms with Crippen molar-refractivity contribution in [3.63, 3.8) is 0 Å². The number of aldehydes is 1. The minimum Gasteiger partial charge on any atom is -0.488 e. The molecule has 0 atom stereocenters. The highest BCUT2D eigenvalue weighted by Gasteiger charge is 2.13. The van der Waals surface area contributed by atoms with Crippen LogP contribution in [0.1, 0.15) is 28.5 Å². The quantitative estimate of drug-likeness (QED) is 0.333. The molecule has 0 radical (unpaired) electrons. The van der Waals surface area contributed by atoms with Crippen LogP contribution in [0, 0.1) is 0 Å². The molecule has 0 unspecified atom stereocenters. The average molecular weight is 434 g/mol. The number of benzene rings is 2. The van der Waals surface area contributed by atoms with Gasteiger partial charge in [-0.15, -0.1) is 0 Å². The first-order chi connectivity index (χ1) is 13.7. The number of ether oxygens (including phenoxy) is 1. The summed E-state index contributed by atoms with van der Waals surface area (Å²) in [6.07, 6.45) is 3.89. The Morgan fingerprint density at radius 1 is 1.00 bits per heavy atom. The van der Waals surface area contributed by atoms with E-state index in [0.717, 1.165) is 45.1 Å². The van der Waals surface area contributed by atoms with E-state index in [-0.39, 0.29) is 0 Å². The minimum atomic E-state index is 0.508. The molecule has 0 amide bonds. The summed E-state index contributed by atoms with van der Waals surface area (Å²) in [5.41, 5.74) is 5.88. The van der Waals surface area contributed by atoms with Crippen LogP contribution in [0.3, 0.4) is 0 Å². The zero-order chi connectivity index (χ0) is 19.5. The molecule has 4 aromatic rings. The van der Waals surface area contributed by atoms with Crippen LogP contribution in [0.4, 0.5) is 0 Å². The average Bonchev–Trinajstić information content (AvgIpc) is 3.11. The van der Waals surface area contributed by atoms with Crippen molar-refractivity contribution < 1.29 is 9.53 Å². The number of fused-ring (bicyclic) bond motifs is 1. The van der Waals surface area contributed by atoms with Gasteiger partial charge in [0, 0.05) is 17.3 Å². The molecule has 0 aliphatic rings. The van der Waals surface area contributed by atoms with Crippen molar-refractivity contribution in [1.29, 1.82) is 0 Å². The molecule has 0 saturated heterocycles. The molecule has 28 heavy (non-hydrogen) atoms. The van der Waals surface area contributed by atoms with Gasteiger partial charge in [0.2, 0.25) is 0 Å². The van der Waals surface area contributed by atoms with Gasteiger partial charge in [-0.1, -0.05) is 49.4 Å². The number of carbonyl (C=O) groups is 1. The largest absolute Gasteiger partial charge is 0.488 e. The molecular weight excluding hydrogens is 414 g/mol. The fourth-order valence-corrected chi connectivity index (χ4v) is 3.81. The fourth-order valence-electron chi connectivity index (χ4n) is 3.32. The lowest BCUT2D eigenvalue weighted by molar-refractivity contribution is 0.111. The van der Waals surface area contributed by atoms with Gasteiger partial charge in [-0.3, -0.25) is 4.79 Å². The first kappa shape index (κ1) is 18.5. The zero-order valence-electron chi connectivity index (χ0n) is 15.6. The van der Waals surface area contributed by atoms with E-state index in [0.29, 0.717) is 12.3 Å². The lowest BCUT2D eigenvalue weighted by Crippen LogP contribution is -1.96. The van der Waals surface area contributed by atoms with Gasteiger partial charge >= 0.3 is 0 Å². The fraction of sp³-hybridized carbons (Fsp3) is 0.125. The maximum atomic E-state index is 11.8. The lowest BCUT2D eigenvalue weighted by Gasteiger charge is -2.10. The molecular formula is C24H20BrNO2. The summed E-state index contributed by atoms with van der Waals surface area (Å²) >= 11 is 3.61. The Labute approximate surface area is 172 Å². The first-order valence-corrected chi connectivity index (χ1v) is 10.0. The zero-order valence-corrected chi connectivity index (χ0v) is 17.1. The number of aryl methyl sites for hydroxylation is 1. The summed E-state index contributed by atoms with van der Waals surface area (Å²) in [7, 11) is 0. The number of aromatic nitrogens is 1. The minimum absolute atomic E-state index is 0.508. The van der Waals surface area contributed by atoms with E-state index in [1.165, 1.54) is 5.56 Å². The summed E-state index contributed by atoms with van der Waals surface area (Å²) in [6, 6.07) is 22.2. The van der Waals surface area contributed by atoms with E-state index in [2.05, 4.69) is 41.1 Å². The van der Waals surface area contributed by atoms with Crippen molar-refractivity contribution in [3.05, 3.63) is 94.2 Å². The molecule has 4 rings (SSSR count). The van der Waals surface area contributed by atoms with Crippen molar-refractivity contribution >= 4 is 27.7 Å². The van der Waals surface area contributed by atoms with E-state index in [9.17, 15) is 4.79 Å². The van der Waals surface area contributed by atoms with Crippen molar-refractivity contribution in [2.45, 2.75) is 20.0 Å². The van der Waals surface area contributed by atoms with Crippen molar-refractivity contribution in [1.82, 2.24) is 4.40 Å². The third kappa shape index (κ3) is 3.60. The number of halogens is 1. The molecule has 0 bridgehead atoms. The normalized spacial score (nSPS) is 10.9. The number of nitrogens with zero attached hydrogens (tertiary/aromatic N) is 1. The molecule has 2 aromatic heterocycles. The molecule has 0 saturated carbocycles. The number of hydrogen-bond donors (Lipinski definition) is 0. The van der Waals surface area contributed by atoms with E-state index >= 15 is 0 Å². The van der Waals surface area contributed by atoms with Crippen LogP contribution >= 0.6 is 15.9 Å². The molecule has 0 spiro atoms. The Morgan fingerprint density at radius 3 is 2.54 bits per heavy atom. The van der Waals surface area contributed by atoms with Crippen molar-refractivity contribution in [2.75, 3.05) is 0 Å². The second-order valence-electron chi connectivity index (χ2n) is 6.67. The predicted molar refractivity (Wildman–Crippen MR) is 116 cm³/mol. The van der Waals surface area contributed by atoms with E-state index < -0.39 is 0 Å². The second kappa shape index (κ2) is 8.03. The Morgan fingerprint density at radius 2 is 1.82 bits per heavy atom. The second-order valence-corrected chi connectivity index (χ2v) is 7.52. The predicted octanol–water partition coefficient (Wildman–Crippen LogP) is 6.32. The van der Waals surface area contributed by atoms with Crippen molar-refractivity contribution in [2.24, 2.45) is 0 Å². The van der Waals surface area contributed by atoms with Gasteiger partial charge in [-0.2, -0.15) is 0 Å².